The van der Waals surface area contributed by atoms with Crippen LogP contribution in [0, 0.1) is 10.1 Å². The SMILES string of the molecule is CNCCNc1cccc(S(C)(=O)=O)c1[N+](=O)[O-]. The quantitative estimate of drug-likeness (QED) is 0.448. The molecule has 0 aliphatic rings. The first-order valence-electron chi connectivity index (χ1n) is 5.24. The van der Waals surface area contributed by atoms with Crippen molar-refractivity contribution in [1.29, 1.82) is 0 Å². The average Bonchev–Trinajstić information content (AvgIpc) is 2.27. The minimum absolute atomic E-state index is 0.207. The van der Waals surface area contributed by atoms with Crippen molar-refractivity contribution in [2.75, 3.05) is 31.7 Å². The number of likely N-dealkylation sites (N-methyl/N-ethyl adjacent to an activating group) is 1. The Morgan fingerprint density at radius 2 is 2.00 bits per heavy atom. The van der Waals surface area contributed by atoms with Crippen LogP contribution >= 0.6 is 0 Å². The number of para-hydroxylation sites is 1. The molecule has 2 N–H and O–H groups in total. The largest absolute Gasteiger partial charge is 0.378 e. The number of sulfone groups is 1. The van der Waals surface area contributed by atoms with E-state index >= 15 is 0 Å². The normalized spacial score (nSPS) is 11.2. The highest BCUT2D eigenvalue weighted by Crippen LogP contribution is 2.31. The van der Waals surface area contributed by atoms with Crippen molar-refractivity contribution in [2.45, 2.75) is 4.90 Å². The van der Waals surface area contributed by atoms with Crippen molar-refractivity contribution < 1.29 is 13.3 Å². The summed E-state index contributed by atoms with van der Waals surface area (Å²) in [7, 11) is -1.88. The van der Waals surface area contributed by atoms with Crippen molar-refractivity contribution in [1.82, 2.24) is 5.32 Å². The molecule has 1 rings (SSSR count). The fraction of sp³-hybridized carbons (Fsp3) is 0.400. The molecule has 0 bridgehead atoms. The Morgan fingerprint density at radius 3 is 2.50 bits per heavy atom. The molecule has 7 nitrogen and oxygen atoms in total. The number of hydrogen-bond donors (Lipinski definition) is 2. The predicted molar refractivity (Wildman–Crippen MR) is 68.6 cm³/mol. The number of nitro groups is 1. The first-order chi connectivity index (χ1) is 8.38. The van der Waals surface area contributed by atoms with E-state index in [0.29, 0.717) is 13.1 Å². The second-order valence-electron chi connectivity index (χ2n) is 3.71. The first kappa shape index (κ1) is 14.4. The van der Waals surface area contributed by atoms with Gasteiger partial charge in [-0.2, -0.15) is 0 Å². The average molecular weight is 273 g/mol. The molecule has 0 aliphatic carbocycles. The topological polar surface area (TPSA) is 101 Å². The summed E-state index contributed by atoms with van der Waals surface area (Å²) in [4.78, 5) is 10.0. The number of nitrogens with zero attached hydrogens (tertiary/aromatic N) is 1. The third kappa shape index (κ3) is 3.41. The molecule has 0 aliphatic heterocycles. The monoisotopic (exact) mass is 273 g/mol. The lowest BCUT2D eigenvalue weighted by Crippen LogP contribution is -2.18. The summed E-state index contributed by atoms with van der Waals surface area (Å²) in [6.45, 7) is 1.07. The van der Waals surface area contributed by atoms with Crippen LogP contribution in [0.1, 0.15) is 0 Å². The molecule has 0 fully saturated rings. The van der Waals surface area contributed by atoms with E-state index in [1.165, 1.54) is 18.2 Å². The Hall–Kier alpha value is -1.67. The third-order valence-electron chi connectivity index (χ3n) is 2.27. The van der Waals surface area contributed by atoms with Crippen molar-refractivity contribution in [3.8, 4) is 0 Å². The zero-order valence-electron chi connectivity index (χ0n) is 10.1. The van der Waals surface area contributed by atoms with Crippen LogP contribution in [0.3, 0.4) is 0 Å². The highest BCUT2D eigenvalue weighted by atomic mass is 32.2. The Bertz CT molecular complexity index is 542. The van der Waals surface area contributed by atoms with Crippen LogP contribution in [0.15, 0.2) is 23.1 Å². The molecular formula is C10H15N3O4S. The number of hydrogen-bond acceptors (Lipinski definition) is 6. The van der Waals surface area contributed by atoms with Gasteiger partial charge in [0.05, 0.1) is 4.92 Å². The second kappa shape index (κ2) is 5.78. The highest BCUT2D eigenvalue weighted by Gasteiger charge is 2.25. The Morgan fingerprint density at radius 1 is 1.33 bits per heavy atom. The molecular weight excluding hydrogens is 258 g/mol. The predicted octanol–water partition coefficient (Wildman–Crippen LogP) is 0.630. The molecule has 0 saturated heterocycles. The van der Waals surface area contributed by atoms with Gasteiger partial charge in [-0.1, -0.05) is 6.07 Å². The van der Waals surface area contributed by atoms with Gasteiger partial charge >= 0.3 is 5.69 Å². The van der Waals surface area contributed by atoms with E-state index in [-0.39, 0.29) is 10.6 Å². The summed E-state index contributed by atoms with van der Waals surface area (Å²) in [5, 5.41) is 16.7. The Kier molecular flexibility index (Phi) is 4.62. The van der Waals surface area contributed by atoms with Gasteiger partial charge in [-0.3, -0.25) is 10.1 Å². The maximum atomic E-state index is 11.5. The summed E-state index contributed by atoms with van der Waals surface area (Å²) in [6, 6.07) is 4.20. The lowest BCUT2D eigenvalue weighted by atomic mass is 10.2. The van der Waals surface area contributed by atoms with Crippen molar-refractivity contribution in [2.24, 2.45) is 0 Å². The van der Waals surface area contributed by atoms with E-state index in [4.69, 9.17) is 0 Å². The summed E-state index contributed by atoms with van der Waals surface area (Å²) in [5.74, 6) is 0. The van der Waals surface area contributed by atoms with Crippen LogP contribution in [0.25, 0.3) is 0 Å². The smallest absolute Gasteiger partial charge is 0.310 e. The van der Waals surface area contributed by atoms with E-state index in [1.807, 2.05) is 0 Å². The van der Waals surface area contributed by atoms with Crippen molar-refractivity contribution >= 4 is 21.2 Å². The minimum atomic E-state index is -3.63. The fourth-order valence-electron chi connectivity index (χ4n) is 1.47. The maximum Gasteiger partial charge on any atom is 0.310 e. The molecule has 0 saturated carbocycles. The molecule has 1 aromatic carbocycles. The fourth-order valence-corrected chi connectivity index (χ4v) is 2.34. The first-order valence-corrected chi connectivity index (χ1v) is 7.13. The number of benzene rings is 1. The Balaban J connectivity index is 3.23. The molecule has 0 aromatic heterocycles. The van der Waals surface area contributed by atoms with Gasteiger partial charge in [-0.25, -0.2) is 8.42 Å². The van der Waals surface area contributed by atoms with Crippen molar-refractivity contribution in [3.05, 3.63) is 28.3 Å². The van der Waals surface area contributed by atoms with Crippen LogP contribution in [0.4, 0.5) is 11.4 Å². The zero-order valence-corrected chi connectivity index (χ0v) is 11.0. The Labute approximate surface area is 105 Å². The summed E-state index contributed by atoms with van der Waals surface area (Å²) >= 11 is 0. The number of nitro benzene ring substituents is 1. The van der Waals surface area contributed by atoms with E-state index in [1.54, 1.807) is 7.05 Å². The lowest BCUT2D eigenvalue weighted by molar-refractivity contribution is -0.386. The zero-order chi connectivity index (χ0) is 13.8. The van der Waals surface area contributed by atoms with E-state index in [0.717, 1.165) is 6.26 Å². The van der Waals surface area contributed by atoms with Crippen LogP contribution in [0.5, 0.6) is 0 Å². The number of nitrogens with one attached hydrogen (secondary N) is 2. The molecule has 18 heavy (non-hydrogen) atoms. The molecule has 1 aromatic rings. The number of anilines is 1. The summed E-state index contributed by atoms with van der Waals surface area (Å²) < 4.78 is 23.0. The van der Waals surface area contributed by atoms with Gasteiger partial charge in [0.15, 0.2) is 9.84 Å². The molecule has 8 heteroatoms. The van der Waals surface area contributed by atoms with Gasteiger partial charge in [-0.15, -0.1) is 0 Å². The maximum absolute atomic E-state index is 11.5. The summed E-state index contributed by atoms with van der Waals surface area (Å²) in [5.41, 5.74) is -0.200. The molecule has 0 atom stereocenters. The second-order valence-corrected chi connectivity index (χ2v) is 5.70. The molecule has 0 spiro atoms. The van der Waals surface area contributed by atoms with Gasteiger partial charge in [0.25, 0.3) is 0 Å². The van der Waals surface area contributed by atoms with E-state index < -0.39 is 20.4 Å². The van der Waals surface area contributed by atoms with Gasteiger partial charge < -0.3 is 10.6 Å². The molecule has 0 heterocycles. The molecule has 0 radical (unpaired) electrons. The van der Waals surface area contributed by atoms with E-state index in [2.05, 4.69) is 10.6 Å². The summed E-state index contributed by atoms with van der Waals surface area (Å²) in [6.07, 6.45) is 0.951. The number of rotatable bonds is 6. The molecule has 100 valence electrons. The van der Waals surface area contributed by atoms with Crippen LogP contribution in [-0.4, -0.2) is 39.7 Å². The lowest BCUT2D eigenvalue weighted by Gasteiger charge is -2.09. The molecule has 0 amide bonds. The van der Waals surface area contributed by atoms with Crippen molar-refractivity contribution in [3.63, 3.8) is 0 Å². The van der Waals surface area contributed by atoms with Gasteiger partial charge in [-0.05, 0) is 19.2 Å². The standard InChI is InChI=1S/C10H15N3O4S/c1-11-6-7-12-8-4-3-5-9(18(2,16)17)10(8)13(14)15/h3-5,11-12H,6-7H2,1-2H3. The van der Waals surface area contributed by atoms with Crippen LogP contribution in [0.2, 0.25) is 0 Å². The van der Waals surface area contributed by atoms with Crippen LogP contribution in [-0.2, 0) is 9.84 Å². The van der Waals surface area contributed by atoms with Crippen LogP contribution < -0.4 is 10.6 Å². The molecule has 0 unspecified atom stereocenters. The van der Waals surface area contributed by atoms with Gasteiger partial charge in [0.2, 0.25) is 0 Å². The third-order valence-corrected chi connectivity index (χ3v) is 3.40. The highest BCUT2D eigenvalue weighted by molar-refractivity contribution is 7.90. The minimum Gasteiger partial charge on any atom is -0.378 e. The van der Waals surface area contributed by atoms with Gasteiger partial charge in [0, 0.05) is 19.3 Å². The van der Waals surface area contributed by atoms with E-state index in [9.17, 15) is 18.5 Å². The van der Waals surface area contributed by atoms with Gasteiger partial charge in [0.1, 0.15) is 10.6 Å².